The van der Waals surface area contributed by atoms with Gasteiger partial charge >= 0.3 is 0 Å². The van der Waals surface area contributed by atoms with Crippen LogP contribution >= 0.6 is 23.4 Å². The van der Waals surface area contributed by atoms with E-state index in [1.165, 1.54) is 0 Å². The maximum absolute atomic E-state index is 11.5. The van der Waals surface area contributed by atoms with Gasteiger partial charge in [0.2, 0.25) is 5.91 Å². The lowest BCUT2D eigenvalue weighted by Crippen LogP contribution is -2.15. The Balaban J connectivity index is 2.56. The molecule has 1 rings (SSSR count). The molecule has 3 nitrogen and oxygen atoms in total. The maximum atomic E-state index is 11.5. The van der Waals surface area contributed by atoms with E-state index in [1.54, 1.807) is 30.0 Å². The molecule has 0 radical (unpaired) electrons. The summed E-state index contributed by atoms with van der Waals surface area (Å²) in [6, 6.07) is 5.03. The molecule has 0 aliphatic rings. The van der Waals surface area contributed by atoms with Crippen LogP contribution in [-0.2, 0) is 4.79 Å². The van der Waals surface area contributed by atoms with E-state index in [4.69, 9.17) is 17.3 Å². The predicted octanol–water partition coefficient (Wildman–Crippen LogP) is 3.00. The maximum Gasteiger partial charge on any atom is 0.234 e. The molecule has 88 valence electrons. The van der Waals surface area contributed by atoms with Crippen molar-refractivity contribution in [2.45, 2.75) is 19.1 Å². The number of amides is 1. The van der Waals surface area contributed by atoms with E-state index < -0.39 is 0 Å². The van der Waals surface area contributed by atoms with E-state index in [9.17, 15) is 4.79 Å². The first-order chi connectivity index (χ1) is 7.49. The summed E-state index contributed by atoms with van der Waals surface area (Å²) in [5.41, 5.74) is 6.74. The molecule has 1 amide bonds. The molecule has 5 heteroatoms. The van der Waals surface area contributed by atoms with Crippen LogP contribution in [0.15, 0.2) is 18.2 Å². The minimum absolute atomic E-state index is 0.0506. The summed E-state index contributed by atoms with van der Waals surface area (Å²) >= 11 is 7.52. The Morgan fingerprint density at radius 2 is 2.25 bits per heavy atom. The second kappa shape index (κ2) is 6.01. The van der Waals surface area contributed by atoms with Gasteiger partial charge in [0.15, 0.2) is 0 Å². The third kappa shape index (κ3) is 4.33. The molecule has 0 aliphatic carbocycles. The highest BCUT2D eigenvalue weighted by molar-refractivity contribution is 8.00. The van der Waals surface area contributed by atoms with Gasteiger partial charge < -0.3 is 11.1 Å². The molecular weight excluding hydrogens is 244 g/mol. The van der Waals surface area contributed by atoms with Gasteiger partial charge in [0.1, 0.15) is 0 Å². The molecule has 0 atom stereocenters. The summed E-state index contributed by atoms with van der Waals surface area (Å²) < 4.78 is 0. The summed E-state index contributed by atoms with van der Waals surface area (Å²) in [6.07, 6.45) is 0. The number of carbonyl (C=O) groups is 1. The summed E-state index contributed by atoms with van der Waals surface area (Å²) in [6.45, 7) is 4.10. The number of halogens is 1. The van der Waals surface area contributed by atoms with Crippen LogP contribution in [0.25, 0.3) is 0 Å². The van der Waals surface area contributed by atoms with Crippen LogP contribution in [0.1, 0.15) is 13.8 Å². The van der Waals surface area contributed by atoms with Gasteiger partial charge in [-0.2, -0.15) is 0 Å². The van der Waals surface area contributed by atoms with Gasteiger partial charge in [-0.15, -0.1) is 11.8 Å². The van der Waals surface area contributed by atoms with Gasteiger partial charge in [0, 0.05) is 5.69 Å². The van der Waals surface area contributed by atoms with Crippen LogP contribution in [-0.4, -0.2) is 16.9 Å². The fourth-order valence-electron chi connectivity index (χ4n) is 1.06. The summed E-state index contributed by atoms with van der Waals surface area (Å²) in [5.74, 6) is 0.378. The molecule has 16 heavy (non-hydrogen) atoms. The van der Waals surface area contributed by atoms with E-state index >= 15 is 0 Å². The third-order valence-corrected chi connectivity index (χ3v) is 3.22. The number of hydrogen-bond donors (Lipinski definition) is 2. The Hall–Kier alpha value is -0.870. The summed E-state index contributed by atoms with van der Waals surface area (Å²) in [4.78, 5) is 11.5. The second-order valence-electron chi connectivity index (χ2n) is 3.65. The molecule has 1 aromatic rings. The molecular formula is C11H15ClN2OS. The zero-order valence-electron chi connectivity index (χ0n) is 9.29. The van der Waals surface area contributed by atoms with Crippen LogP contribution in [0.3, 0.4) is 0 Å². The highest BCUT2D eigenvalue weighted by Gasteiger charge is 2.07. The second-order valence-corrected chi connectivity index (χ2v) is 5.62. The molecule has 0 unspecified atom stereocenters. The minimum atomic E-state index is -0.0506. The third-order valence-electron chi connectivity index (χ3n) is 1.81. The average molecular weight is 259 g/mol. The number of rotatable bonds is 4. The standard InChI is InChI=1S/C11H15ClN2OS/c1-7(2)16-6-11(15)14-10-4-3-8(13)5-9(10)12/h3-5,7H,6,13H2,1-2H3,(H,14,15). The Kier molecular flexibility index (Phi) is 4.96. The van der Waals surface area contributed by atoms with E-state index in [0.29, 0.717) is 27.4 Å². The number of carbonyl (C=O) groups excluding carboxylic acids is 1. The van der Waals surface area contributed by atoms with E-state index in [1.807, 2.05) is 13.8 Å². The first-order valence-corrected chi connectivity index (χ1v) is 6.38. The largest absolute Gasteiger partial charge is 0.399 e. The van der Waals surface area contributed by atoms with Crippen LogP contribution in [0.4, 0.5) is 11.4 Å². The monoisotopic (exact) mass is 258 g/mol. The van der Waals surface area contributed by atoms with E-state index in [2.05, 4.69) is 5.32 Å². The molecule has 1 aromatic carbocycles. The van der Waals surface area contributed by atoms with E-state index in [-0.39, 0.29) is 5.91 Å². The van der Waals surface area contributed by atoms with Gasteiger partial charge in [0.05, 0.1) is 16.5 Å². The number of nitrogens with two attached hydrogens (primary N) is 1. The van der Waals surface area contributed by atoms with Crippen LogP contribution in [0.5, 0.6) is 0 Å². The lowest BCUT2D eigenvalue weighted by Gasteiger charge is -2.08. The Morgan fingerprint density at radius 1 is 1.56 bits per heavy atom. The number of nitrogen functional groups attached to an aromatic ring is 1. The molecule has 0 saturated heterocycles. The minimum Gasteiger partial charge on any atom is -0.399 e. The zero-order chi connectivity index (χ0) is 12.1. The highest BCUT2D eigenvalue weighted by Crippen LogP contribution is 2.24. The Morgan fingerprint density at radius 3 is 2.81 bits per heavy atom. The Bertz CT molecular complexity index is 382. The lowest BCUT2D eigenvalue weighted by molar-refractivity contribution is -0.113. The molecule has 0 fully saturated rings. The van der Waals surface area contributed by atoms with Gasteiger partial charge in [0.25, 0.3) is 0 Å². The lowest BCUT2D eigenvalue weighted by atomic mass is 10.3. The van der Waals surface area contributed by atoms with Crippen molar-refractivity contribution in [3.63, 3.8) is 0 Å². The average Bonchev–Trinajstić information content (AvgIpc) is 2.19. The van der Waals surface area contributed by atoms with Crippen molar-refractivity contribution in [1.82, 2.24) is 0 Å². The molecule has 0 heterocycles. The molecule has 0 saturated carbocycles. The highest BCUT2D eigenvalue weighted by atomic mass is 35.5. The van der Waals surface area contributed by atoms with Gasteiger partial charge in [-0.1, -0.05) is 25.4 Å². The number of anilines is 2. The van der Waals surface area contributed by atoms with Crippen molar-refractivity contribution >= 4 is 40.6 Å². The van der Waals surface area contributed by atoms with Crippen LogP contribution < -0.4 is 11.1 Å². The zero-order valence-corrected chi connectivity index (χ0v) is 10.9. The quantitative estimate of drug-likeness (QED) is 0.817. The number of nitrogens with one attached hydrogen (secondary N) is 1. The van der Waals surface area contributed by atoms with Crippen molar-refractivity contribution in [1.29, 1.82) is 0 Å². The summed E-state index contributed by atoms with van der Waals surface area (Å²) in [5, 5.41) is 3.64. The molecule has 0 spiro atoms. The molecule has 0 aliphatic heterocycles. The van der Waals surface area contributed by atoms with Crippen molar-refractivity contribution in [3.05, 3.63) is 23.2 Å². The van der Waals surface area contributed by atoms with Crippen molar-refractivity contribution in [2.75, 3.05) is 16.8 Å². The van der Waals surface area contributed by atoms with Crippen molar-refractivity contribution in [3.8, 4) is 0 Å². The summed E-state index contributed by atoms with van der Waals surface area (Å²) in [7, 11) is 0. The topological polar surface area (TPSA) is 55.1 Å². The normalized spacial score (nSPS) is 10.5. The van der Waals surface area contributed by atoms with E-state index in [0.717, 1.165) is 0 Å². The number of benzene rings is 1. The number of hydrogen-bond acceptors (Lipinski definition) is 3. The van der Waals surface area contributed by atoms with Gasteiger partial charge in [-0.05, 0) is 23.4 Å². The molecule has 0 bridgehead atoms. The van der Waals surface area contributed by atoms with Crippen molar-refractivity contribution in [2.24, 2.45) is 0 Å². The van der Waals surface area contributed by atoms with Gasteiger partial charge in [-0.3, -0.25) is 4.79 Å². The SMILES string of the molecule is CC(C)SCC(=O)Nc1ccc(N)cc1Cl. The first kappa shape index (κ1) is 13.2. The van der Waals surface area contributed by atoms with Crippen molar-refractivity contribution < 1.29 is 4.79 Å². The first-order valence-electron chi connectivity index (χ1n) is 4.95. The number of thioether (sulfide) groups is 1. The fraction of sp³-hybridized carbons (Fsp3) is 0.364. The fourth-order valence-corrected chi connectivity index (χ4v) is 1.85. The van der Waals surface area contributed by atoms with Gasteiger partial charge in [-0.25, -0.2) is 0 Å². The smallest absolute Gasteiger partial charge is 0.234 e. The van der Waals surface area contributed by atoms with Crippen LogP contribution in [0.2, 0.25) is 5.02 Å². The van der Waals surface area contributed by atoms with Crippen LogP contribution in [0, 0.1) is 0 Å². The Labute approximate surface area is 105 Å². The molecule has 0 aromatic heterocycles. The predicted molar refractivity (Wildman–Crippen MR) is 72.1 cm³/mol. The molecule has 3 N–H and O–H groups in total.